The van der Waals surface area contributed by atoms with Crippen LogP contribution < -0.4 is 0 Å². The standard InChI is InChI=1S/C22H33FN2O3/c1-20(2)18(26)6-7-21(3,28-20)19-13-22(15-27-19)8-11-25(12-9-22)14-17-16(23)5-4-10-24-17/h4-5,10,18-19,26H,6-9,11-15H2,1-3H3/t18-,19+,21+/m0/s1. The minimum Gasteiger partial charge on any atom is -0.390 e. The van der Waals surface area contributed by atoms with Crippen LogP contribution in [0.2, 0.25) is 0 Å². The number of halogens is 1. The third-order valence-electron chi connectivity index (χ3n) is 7.23. The van der Waals surface area contributed by atoms with E-state index in [1.54, 1.807) is 12.3 Å². The molecule has 1 aromatic heterocycles. The highest BCUT2D eigenvalue weighted by Crippen LogP contribution is 2.49. The number of hydrogen-bond donors (Lipinski definition) is 1. The quantitative estimate of drug-likeness (QED) is 0.855. The van der Waals surface area contributed by atoms with Gasteiger partial charge in [-0.15, -0.1) is 0 Å². The van der Waals surface area contributed by atoms with E-state index in [9.17, 15) is 9.50 Å². The van der Waals surface area contributed by atoms with E-state index < -0.39 is 11.7 Å². The van der Waals surface area contributed by atoms with E-state index in [4.69, 9.17) is 9.47 Å². The van der Waals surface area contributed by atoms with Crippen molar-refractivity contribution in [1.29, 1.82) is 0 Å². The zero-order chi connectivity index (χ0) is 20.0. The molecule has 1 N–H and O–H groups in total. The summed E-state index contributed by atoms with van der Waals surface area (Å²) in [7, 11) is 0. The molecule has 0 saturated carbocycles. The van der Waals surface area contributed by atoms with Crippen molar-refractivity contribution in [2.24, 2.45) is 5.41 Å². The van der Waals surface area contributed by atoms with Crippen molar-refractivity contribution in [2.75, 3.05) is 19.7 Å². The van der Waals surface area contributed by atoms with E-state index in [0.29, 0.717) is 12.2 Å². The van der Waals surface area contributed by atoms with Crippen LogP contribution in [0.4, 0.5) is 4.39 Å². The maximum absolute atomic E-state index is 13.9. The molecule has 0 radical (unpaired) electrons. The Morgan fingerprint density at radius 2 is 2.00 bits per heavy atom. The molecule has 156 valence electrons. The molecule has 0 aromatic carbocycles. The van der Waals surface area contributed by atoms with E-state index in [1.165, 1.54) is 6.07 Å². The van der Waals surface area contributed by atoms with Crippen molar-refractivity contribution in [3.05, 3.63) is 29.8 Å². The number of hydrogen-bond acceptors (Lipinski definition) is 5. The van der Waals surface area contributed by atoms with Gasteiger partial charge in [0.15, 0.2) is 0 Å². The van der Waals surface area contributed by atoms with E-state index in [-0.39, 0.29) is 22.9 Å². The summed E-state index contributed by atoms with van der Waals surface area (Å²) in [6.45, 7) is 9.29. The Morgan fingerprint density at radius 1 is 1.25 bits per heavy atom. The molecule has 1 aromatic rings. The van der Waals surface area contributed by atoms with Crippen molar-refractivity contribution < 1.29 is 19.0 Å². The Kier molecular flexibility index (Phi) is 5.28. The molecule has 3 aliphatic rings. The SMILES string of the molecule is CC1(C)O[C@@](C)([C@H]2CC3(CCN(Cc4ncccc4F)CC3)CO2)CC[C@@H]1O. The normalized spacial score (nSPS) is 35.3. The lowest BCUT2D eigenvalue weighted by Gasteiger charge is -2.48. The van der Waals surface area contributed by atoms with Crippen LogP contribution in [0, 0.1) is 11.2 Å². The highest BCUT2D eigenvalue weighted by Gasteiger charge is 2.53. The number of likely N-dealkylation sites (tertiary alicyclic amines) is 1. The second-order valence-corrected chi connectivity index (χ2v) is 9.78. The van der Waals surface area contributed by atoms with Gasteiger partial charge in [0, 0.05) is 12.7 Å². The van der Waals surface area contributed by atoms with Crippen LogP contribution in [0.5, 0.6) is 0 Å². The molecule has 0 bridgehead atoms. The lowest BCUT2D eigenvalue weighted by molar-refractivity contribution is -0.245. The molecule has 4 rings (SSSR count). The Balaban J connectivity index is 1.35. The number of aromatic nitrogens is 1. The predicted octanol–water partition coefficient (Wildman–Crippen LogP) is 3.30. The number of piperidine rings is 1. The molecule has 6 heteroatoms. The van der Waals surface area contributed by atoms with Crippen LogP contribution >= 0.6 is 0 Å². The molecule has 28 heavy (non-hydrogen) atoms. The molecule has 4 heterocycles. The number of aliphatic hydroxyl groups is 1. The third kappa shape index (κ3) is 3.84. The summed E-state index contributed by atoms with van der Waals surface area (Å²) < 4.78 is 26.5. The third-order valence-corrected chi connectivity index (χ3v) is 7.23. The van der Waals surface area contributed by atoms with Crippen molar-refractivity contribution in [3.8, 4) is 0 Å². The van der Waals surface area contributed by atoms with Gasteiger partial charge in [-0.25, -0.2) is 4.39 Å². The molecule has 0 unspecified atom stereocenters. The highest BCUT2D eigenvalue weighted by atomic mass is 19.1. The van der Waals surface area contributed by atoms with Crippen LogP contribution in [0.1, 0.15) is 58.6 Å². The first-order valence-corrected chi connectivity index (χ1v) is 10.5. The van der Waals surface area contributed by atoms with Crippen LogP contribution in [-0.4, -0.2) is 58.1 Å². The molecular formula is C22H33FN2O3. The minimum atomic E-state index is -0.539. The minimum absolute atomic E-state index is 0.0686. The van der Waals surface area contributed by atoms with Gasteiger partial charge in [-0.2, -0.15) is 0 Å². The van der Waals surface area contributed by atoms with Gasteiger partial charge in [-0.3, -0.25) is 9.88 Å². The second-order valence-electron chi connectivity index (χ2n) is 9.78. The number of nitrogens with zero attached hydrogens (tertiary/aromatic N) is 2. The van der Waals surface area contributed by atoms with E-state index in [0.717, 1.165) is 51.8 Å². The molecule has 0 aliphatic carbocycles. The van der Waals surface area contributed by atoms with E-state index in [1.807, 2.05) is 13.8 Å². The van der Waals surface area contributed by atoms with Gasteiger partial charge < -0.3 is 14.6 Å². The zero-order valence-electron chi connectivity index (χ0n) is 17.3. The predicted molar refractivity (Wildman–Crippen MR) is 104 cm³/mol. The molecule has 0 amide bonds. The van der Waals surface area contributed by atoms with Crippen molar-refractivity contribution in [3.63, 3.8) is 0 Å². The van der Waals surface area contributed by atoms with Gasteiger partial charge in [-0.1, -0.05) is 0 Å². The van der Waals surface area contributed by atoms with Gasteiger partial charge >= 0.3 is 0 Å². The molecule has 5 nitrogen and oxygen atoms in total. The zero-order valence-corrected chi connectivity index (χ0v) is 17.3. The summed E-state index contributed by atoms with van der Waals surface area (Å²) in [4.78, 5) is 6.48. The Labute approximate surface area is 167 Å². The highest BCUT2D eigenvalue weighted by molar-refractivity contribution is 5.08. The average molecular weight is 393 g/mol. The lowest BCUT2D eigenvalue weighted by atomic mass is 9.73. The number of aliphatic hydroxyl groups excluding tert-OH is 1. The Morgan fingerprint density at radius 3 is 2.68 bits per heavy atom. The Bertz CT molecular complexity index is 705. The summed E-state index contributed by atoms with van der Waals surface area (Å²) in [6.07, 6.45) is 5.98. The molecule has 3 aliphatic heterocycles. The lowest BCUT2D eigenvalue weighted by Crippen LogP contribution is -2.56. The fourth-order valence-corrected chi connectivity index (χ4v) is 5.18. The van der Waals surface area contributed by atoms with Gasteiger partial charge in [0.1, 0.15) is 5.82 Å². The van der Waals surface area contributed by atoms with Crippen LogP contribution in [0.25, 0.3) is 0 Å². The van der Waals surface area contributed by atoms with Crippen LogP contribution in [0.15, 0.2) is 18.3 Å². The van der Waals surface area contributed by atoms with E-state index in [2.05, 4.69) is 16.8 Å². The molecule has 1 spiro atoms. The number of pyridine rings is 1. The monoisotopic (exact) mass is 392 g/mol. The smallest absolute Gasteiger partial charge is 0.146 e. The van der Waals surface area contributed by atoms with Gasteiger partial charge in [0.05, 0.1) is 35.7 Å². The molecular weight excluding hydrogens is 359 g/mol. The fraction of sp³-hybridized carbons (Fsp3) is 0.773. The largest absolute Gasteiger partial charge is 0.390 e. The number of ether oxygens (including phenoxy) is 2. The first-order valence-electron chi connectivity index (χ1n) is 10.5. The van der Waals surface area contributed by atoms with Crippen molar-refractivity contribution in [1.82, 2.24) is 9.88 Å². The van der Waals surface area contributed by atoms with Crippen LogP contribution in [-0.2, 0) is 16.0 Å². The molecule has 3 saturated heterocycles. The van der Waals surface area contributed by atoms with Crippen molar-refractivity contribution >= 4 is 0 Å². The number of rotatable bonds is 3. The fourth-order valence-electron chi connectivity index (χ4n) is 5.18. The topological polar surface area (TPSA) is 54.8 Å². The molecule has 3 atom stereocenters. The van der Waals surface area contributed by atoms with Crippen molar-refractivity contribution in [2.45, 2.75) is 82.8 Å². The summed E-state index contributed by atoms with van der Waals surface area (Å²) in [5.74, 6) is -0.223. The first-order chi connectivity index (χ1) is 13.2. The average Bonchev–Trinajstić information content (AvgIpc) is 3.07. The van der Waals surface area contributed by atoms with Gasteiger partial charge in [-0.05, 0) is 83.5 Å². The summed E-state index contributed by atoms with van der Waals surface area (Å²) in [5, 5.41) is 10.2. The van der Waals surface area contributed by atoms with Gasteiger partial charge in [0.2, 0.25) is 0 Å². The maximum Gasteiger partial charge on any atom is 0.146 e. The molecule has 3 fully saturated rings. The maximum atomic E-state index is 13.9. The second kappa shape index (κ2) is 7.31. The van der Waals surface area contributed by atoms with Crippen LogP contribution in [0.3, 0.4) is 0 Å². The first kappa shape index (κ1) is 20.2. The Hall–Kier alpha value is -1.08. The summed E-state index contributed by atoms with van der Waals surface area (Å²) in [6, 6.07) is 3.11. The summed E-state index contributed by atoms with van der Waals surface area (Å²) >= 11 is 0. The summed E-state index contributed by atoms with van der Waals surface area (Å²) in [5.41, 5.74) is -0.165. The van der Waals surface area contributed by atoms with Gasteiger partial charge in [0.25, 0.3) is 0 Å². The van der Waals surface area contributed by atoms with E-state index >= 15 is 0 Å².